The Balaban J connectivity index is 2.16. The fourth-order valence-corrected chi connectivity index (χ4v) is 1.98. The van der Waals surface area contributed by atoms with Gasteiger partial charge in [-0.15, -0.1) is 0 Å². The van der Waals surface area contributed by atoms with E-state index in [9.17, 15) is 17.6 Å². The van der Waals surface area contributed by atoms with Gasteiger partial charge in [0, 0.05) is 12.1 Å². The fraction of sp³-hybridized carbons (Fsp3) is 0.200. The van der Waals surface area contributed by atoms with Gasteiger partial charge in [-0.25, -0.2) is 17.6 Å². The molecule has 1 unspecified atom stereocenters. The summed E-state index contributed by atoms with van der Waals surface area (Å²) in [4.78, 5) is 0. The lowest BCUT2D eigenvalue weighted by molar-refractivity contribution is 0.456. The molecule has 0 radical (unpaired) electrons. The maximum Gasteiger partial charge on any atom is 0.185 e. The van der Waals surface area contributed by atoms with E-state index in [1.807, 2.05) is 0 Å². The molecule has 2 aromatic rings. The highest BCUT2D eigenvalue weighted by Crippen LogP contribution is 2.25. The molecule has 0 saturated heterocycles. The maximum atomic E-state index is 13.5. The SMILES string of the molecule is CC(Cc1ccc(O)cc1)Nc1c(F)c(F)cc(F)c1F. The highest BCUT2D eigenvalue weighted by molar-refractivity contribution is 5.48. The molecule has 0 aliphatic carbocycles. The van der Waals surface area contributed by atoms with Gasteiger partial charge in [-0.05, 0) is 31.0 Å². The summed E-state index contributed by atoms with van der Waals surface area (Å²) in [6.07, 6.45) is 0.358. The van der Waals surface area contributed by atoms with Crippen LogP contribution in [0.3, 0.4) is 0 Å². The summed E-state index contributed by atoms with van der Waals surface area (Å²) in [6, 6.07) is 5.94. The first-order chi connectivity index (χ1) is 9.88. The first-order valence-corrected chi connectivity index (χ1v) is 6.26. The van der Waals surface area contributed by atoms with Gasteiger partial charge < -0.3 is 10.4 Å². The monoisotopic (exact) mass is 299 g/mol. The van der Waals surface area contributed by atoms with E-state index in [0.29, 0.717) is 6.42 Å². The summed E-state index contributed by atoms with van der Waals surface area (Å²) < 4.78 is 53.2. The van der Waals surface area contributed by atoms with Gasteiger partial charge in [0.25, 0.3) is 0 Å². The minimum Gasteiger partial charge on any atom is -0.508 e. The molecule has 2 aromatic carbocycles. The number of aromatic hydroxyl groups is 1. The van der Waals surface area contributed by atoms with Crippen LogP contribution < -0.4 is 5.32 Å². The van der Waals surface area contributed by atoms with Gasteiger partial charge in [-0.2, -0.15) is 0 Å². The van der Waals surface area contributed by atoms with Crippen molar-refractivity contribution in [2.75, 3.05) is 5.32 Å². The first-order valence-electron chi connectivity index (χ1n) is 6.26. The van der Waals surface area contributed by atoms with Crippen LogP contribution >= 0.6 is 0 Å². The Bertz CT molecular complexity index is 617. The van der Waals surface area contributed by atoms with Crippen LogP contribution in [0.4, 0.5) is 23.2 Å². The van der Waals surface area contributed by atoms with Crippen LogP contribution in [0.5, 0.6) is 5.75 Å². The van der Waals surface area contributed by atoms with Crippen molar-refractivity contribution in [3.63, 3.8) is 0 Å². The van der Waals surface area contributed by atoms with E-state index in [1.54, 1.807) is 19.1 Å². The Morgan fingerprint density at radius 1 is 1.00 bits per heavy atom. The molecule has 0 spiro atoms. The Labute approximate surface area is 119 Å². The van der Waals surface area contributed by atoms with E-state index in [-0.39, 0.29) is 11.8 Å². The molecule has 0 bridgehead atoms. The molecule has 0 heterocycles. The number of nitrogens with one attached hydrogen (secondary N) is 1. The van der Waals surface area contributed by atoms with Crippen molar-refractivity contribution in [1.82, 2.24) is 0 Å². The lowest BCUT2D eigenvalue weighted by atomic mass is 10.1. The maximum absolute atomic E-state index is 13.5. The highest BCUT2D eigenvalue weighted by Gasteiger charge is 2.20. The lowest BCUT2D eigenvalue weighted by Crippen LogP contribution is -2.20. The van der Waals surface area contributed by atoms with Crippen LogP contribution in [0.1, 0.15) is 12.5 Å². The number of hydrogen-bond donors (Lipinski definition) is 2. The molecule has 21 heavy (non-hydrogen) atoms. The van der Waals surface area contributed by atoms with Gasteiger partial charge in [0.05, 0.1) is 0 Å². The number of phenolic OH excluding ortho intramolecular Hbond substituents is 1. The molecule has 2 rings (SSSR count). The van der Waals surface area contributed by atoms with Crippen molar-refractivity contribution in [1.29, 1.82) is 0 Å². The minimum atomic E-state index is -1.45. The summed E-state index contributed by atoms with van der Waals surface area (Å²) in [7, 11) is 0. The van der Waals surface area contributed by atoms with E-state index in [0.717, 1.165) is 5.56 Å². The summed E-state index contributed by atoms with van der Waals surface area (Å²) >= 11 is 0. The normalized spacial score (nSPS) is 12.2. The molecule has 2 N–H and O–H groups in total. The molecule has 0 aliphatic rings. The summed E-state index contributed by atoms with van der Waals surface area (Å²) in [6.45, 7) is 1.62. The molecule has 0 fully saturated rings. The van der Waals surface area contributed by atoms with Crippen LogP contribution in [0, 0.1) is 23.3 Å². The Morgan fingerprint density at radius 3 is 2.05 bits per heavy atom. The number of anilines is 1. The lowest BCUT2D eigenvalue weighted by Gasteiger charge is -2.17. The molecule has 0 amide bonds. The molecule has 6 heteroatoms. The van der Waals surface area contributed by atoms with E-state index in [4.69, 9.17) is 5.11 Å². The van der Waals surface area contributed by atoms with Gasteiger partial charge >= 0.3 is 0 Å². The zero-order valence-corrected chi connectivity index (χ0v) is 11.1. The van der Waals surface area contributed by atoms with Gasteiger partial charge in [-0.1, -0.05) is 12.1 Å². The van der Waals surface area contributed by atoms with Crippen molar-refractivity contribution in [3.8, 4) is 5.75 Å². The van der Waals surface area contributed by atoms with Crippen LogP contribution in [0.2, 0.25) is 0 Å². The van der Waals surface area contributed by atoms with Gasteiger partial charge in [0.2, 0.25) is 0 Å². The third kappa shape index (κ3) is 3.45. The fourth-order valence-electron chi connectivity index (χ4n) is 1.98. The number of phenols is 1. The van der Waals surface area contributed by atoms with Crippen molar-refractivity contribution in [3.05, 3.63) is 59.2 Å². The predicted molar refractivity (Wildman–Crippen MR) is 71.2 cm³/mol. The smallest absolute Gasteiger partial charge is 0.185 e. The van der Waals surface area contributed by atoms with Crippen LogP contribution in [-0.2, 0) is 6.42 Å². The average Bonchev–Trinajstić information content (AvgIpc) is 2.44. The molecular formula is C15H13F4NO. The summed E-state index contributed by atoms with van der Waals surface area (Å²) in [5.74, 6) is -5.71. The number of benzene rings is 2. The van der Waals surface area contributed by atoms with Crippen molar-refractivity contribution in [2.24, 2.45) is 0 Å². The second kappa shape index (κ2) is 6.03. The van der Waals surface area contributed by atoms with Gasteiger partial charge in [-0.3, -0.25) is 0 Å². The van der Waals surface area contributed by atoms with E-state index in [1.165, 1.54) is 12.1 Å². The largest absolute Gasteiger partial charge is 0.508 e. The topological polar surface area (TPSA) is 32.3 Å². The third-order valence-corrected chi connectivity index (χ3v) is 2.98. The molecule has 1 atom stereocenters. The van der Waals surface area contributed by atoms with Gasteiger partial charge in [0.15, 0.2) is 23.3 Å². The summed E-state index contributed by atoms with van der Waals surface area (Å²) in [5, 5.41) is 11.6. The van der Waals surface area contributed by atoms with Crippen molar-refractivity contribution < 1.29 is 22.7 Å². The molecule has 0 aromatic heterocycles. The molecule has 0 aliphatic heterocycles. The first kappa shape index (κ1) is 15.2. The van der Waals surface area contributed by atoms with E-state index in [2.05, 4.69) is 5.32 Å². The van der Waals surface area contributed by atoms with Crippen molar-refractivity contribution >= 4 is 5.69 Å². The molecule has 2 nitrogen and oxygen atoms in total. The quantitative estimate of drug-likeness (QED) is 0.661. The second-order valence-electron chi connectivity index (χ2n) is 4.76. The second-order valence-corrected chi connectivity index (χ2v) is 4.76. The predicted octanol–water partition coefficient (Wildman–Crippen LogP) is 3.99. The van der Waals surface area contributed by atoms with Crippen LogP contribution in [-0.4, -0.2) is 11.1 Å². The zero-order chi connectivity index (χ0) is 15.6. The van der Waals surface area contributed by atoms with E-state index < -0.39 is 35.0 Å². The summed E-state index contributed by atoms with van der Waals surface area (Å²) in [5.41, 5.74) is -0.0238. The molecular weight excluding hydrogens is 286 g/mol. The van der Waals surface area contributed by atoms with E-state index >= 15 is 0 Å². The highest BCUT2D eigenvalue weighted by atomic mass is 19.2. The standard InChI is InChI=1S/C15H13F4NO/c1-8(6-9-2-4-10(21)5-3-9)20-15-13(18)11(16)7-12(17)14(15)19/h2-5,7-8,20-21H,6H2,1H3. The average molecular weight is 299 g/mol. The molecule has 0 saturated carbocycles. The third-order valence-electron chi connectivity index (χ3n) is 2.98. The number of halogens is 4. The van der Waals surface area contributed by atoms with Crippen LogP contribution in [0.15, 0.2) is 30.3 Å². The number of rotatable bonds is 4. The molecule has 112 valence electrons. The Morgan fingerprint density at radius 2 is 1.52 bits per heavy atom. The van der Waals surface area contributed by atoms with Crippen LogP contribution in [0.25, 0.3) is 0 Å². The Hall–Kier alpha value is -2.24. The zero-order valence-electron chi connectivity index (χ0n) is 11.1. The van der Waals surface area contributed by atoms with Crippen molar-refractivity contribution in [2.45, 2.75) is 19.4 Å². The van der Waals surface area contributed by atoms with Gasteiger partial charge in [0.1, 0.15) is 11.4 Å². The minimum absolute atomic E-state index is 0.101. The Kier molecular flexibility index (Phi) is 4.35. The number of hydrogen-bond acceptors (Lipinski definition) is 2.